The molecule has 0 saturated heterocycles. The molecule has 3 saturated carbocycles. The van der Waals surface area contributed by atoms with Gasteiger partial charge in [0.25, 0.3) is 0 Å². The lowest BCUT2D eigenvalue weighted by atomic mass is 10.0. The minimum absolute atomic E-state index is 0.0556. The molecule has 0 aromatic rings. The first-order valence-electron chi connectivity index (χ1n) is 6.49. The van der Waals surface area contributed by atoms with Crippen LogP contribution < -0.4 is 11.1 Å². The van der Waals surface area contributed by atoms with Gasteiger partial charge in [0.1, 0.15) is 0 Å². The highest BCUT2D eigenvalue weighted by molar-refractivity contribution is 5.85. The van der Waals surface area contributed by atoms with Gasteiger partial charge >= 0.3 is 0 Å². The summed E-state index contributed by atoms with van der Waals surface area (Å²) < 4.78 is 0. The van der Waals surface area contributed by atoms with Gasteiger partial charge in [0.05, 0.1) is 6.04 Å². The molecule has 0 amide bonds. The lowest BCUT2D eigenvalue weighted by Crippen LogP contribution is -2.43. The van der Waals surface area contributed by atoms with Crippen LogP contribution in [0.2, 0.25) is 0 Å². The summed E-state index contributed by atoms with van der Waals surface area (Å²) in [4.78, 5) is 0. The molecule has 0 aromatic heterocycles. The molecule has 3 rings (SSSR count). The first-order chi connectivity index (χ1) is 7.76. The maximum Gasteiger partial charge on any atom is 0.156 e. The van der Waals surface area contributed by atoms with E-state index in [9.17, 15) is 0 Å². The minimum atomic E-state index is 0.0556. The largest absolute Gasteiger partial charge is 0.409 e. The van der Waals surface area contributed by atoms with Crippen molar-refractivity contribution >= 4 is 5.84 Å². The Morgan fingerprint density at radius 2 is 2.06 bits per heavy atom. The van der Waals surface area contributed by atoms with Gasteiger partial charge in [0.15, 0.2) is 5.84 Å². The summed E-state index contributed by atoms with van der Waals surface area (Å²) in [6.45, 7) is 2.07. The number of oxime groups is 1. The monoisotopic (exact) mass is 223 g/mol. The zero-order valence-electron chi connectivity index (χ0n) is 9.76. The lowest BCUT2D eigenvalue weighted by Gasteiger charge is -2.18. The Bertz CT molecular complexity index is 301. The van der Waals surface area contributed by atoms with Crippen LogP contribution >= 0.6 is 0 Å². The molecule has 0 aromatic carbocycles. The molecular weight excluding hydrogens is 202 g/mol. The van der Waals surface area contributed by atoms with Gasteiger partial charge in [-0.15, -0.1) is 0 Å². The maximum absolute atomic E-state index is 8.71. The number of hydrogen-bond acceptors (Lipinski definition) is 3. The molecule has 4 nitrogen and oxygen atoms in total. The van der Waals surface area contributed by atoms with Crippen LogP contribution in [0.4, 0.5) is 0 Å². The van der Waals surface area contributed by atoms with E-state index >= 15 is 0 Å². The average Bonchev–Trinajstić information content (AvgIpc) is 2.72. The highest BCUT2D eigenvalue weighted by atomic mass is 16.4. The number of nitrogens with one attached hydrogen (secondary N) is 1. The number of amidine groups is 1. The van der Waals surface area contributed by atoms with Crippen molar-refractivity contribution in [3.05, 3.63) is 0 Å². The fourth-order valence-electron chi connectivity index (χ4n) is 4.26. The predicted molar refractivity (Wildman–Crippen MR) is 62.2 cm³/mol. The van der Waals surface area contributed by atoms with Gasteiger partial charge in [0.2, 0.25) is 0 Å². The Labute approximate surface area is 96.3 Å². The number of hydrogen-bond donors (Lipinski definition) is 3. The van der Waals surface area contributed by atoms with Crippen LogP contribution in [0.1, 0.15) is 32.6 Å². The quantitative estimate of drug-likeness (QED) is 0.290. The molecular formula is C12H21N3O. The van der Waals surface area contributed by atoms with Gasteiger partial charge in [-0.2, -0.15) is 0 Å². The first kappa shape index (κ1) is 10.4. The second kappa shape index (κ2) is 3.62. The van der Waals surface area contributed by atoms with Gasteiger partial charge in [-0.1, -0.05) is 12.1 Å². The van der Waals surface area contributed by atoms with Gasteiger partial charge in [-0.05, 0) is 49.4 Å². The van der Waals surface area contributed by atoms with Crippen molar-refractivity contribution in [2.75, 3.05) is 0 Å². The Morgan fingerprint density at radius 3 is 2.56 bits per heavy atom. The van der Waals surface area contributed by atoms with Crippen molar-refractivity contribution in [2.24, 2.45) is 34.6 Å². The molecule has 5 unspecified atom stereocenters. The second-order valence-corrected chi connectivity index (χ2v) is 5.67. The Kier molecular flexibility index (Phi) is 2.35. The molecule has 16 heavy (non-hydrogen) atoms. The molecule has 4 heteroatoms. The summed E-state index contributed by atoms with van der Waals surface area (Å²) in [6.07, 6.45) is 5.23. The van der Waals surface area contributed by atoms with Gasteiger partial charge < -0.3 is 16.3 Å². The molecule has 5 atom stereocenters. The van der Waals surface area contributed by atoms with Crippen molar-refractivity contribution in [2.45, 2.75) is 44.7 Å². The van der Waals surface area contributed by atoms with E-state index in [0.717, 1.165) is 30.1 Å². The molecule has 0 radical (unpaired) electrons. The van der Waals surface area contributed by atoms with Crippen LogP contribution in [0.25, 0.3) is 0 Å². The van der Waals surface area contributed by atoms with E-state index in [0.29, 0.717) is 11.9 Å². The Balaban J connectivity index is 1.61. The fourth-order valence-corrected chi connectivity index (χ4v) is 4.26. The van der Waals surface area contributed by atoms with Gasteiger partial charge in [0, 0.05) is 6.04 Å². The zero-order valence-corrected chi connectivity index (χ0v) is 9.76. The van der Waals surface area contributed by atoms with E-state index in [2.05, 4.69) is 17.4 Å². The number of fused-ring (bicyclic) bond motifs is 5. The van der Waals surface area contributed by atoms with Gasteiger partial charge in [-0.25, -0.2) is 0 Å². The minimum Gasteiger partial charge on any atom is -0.409 e. The third-order valence-electron chi connectivity index (χ3n) is 5.01. The summed E-state index contributed by atoms with van der Waals surface area (Å²) in [6, 6.07) is 0.705. The normalized spacial score (nSPS) is 46.8. The SMILES string of the molecule is CCC(NC1C2C3CCC(C3)C12)C(N)=NO. The number of nitrogens with zero attached hydrogens (tertiary/aromatic N) is 1. The molecule has 3 aliphatic rings. The summed E-state index contributed by atoms with van der Waals surface area (Å²) in [5.74, 6) is 4.08. The molecule has 0 heterocycles. The van der Waals surface area contributed by atoms with Crippen molar-refractivity contribution in [3.8, 4) is 0 Å². The summed E-state index contributed by atoms with van der Waals surface area (Å²) in [5.41, 5.74) is 5.68. The molecule has 2 bridgehead atoms. The van der Waals surface area contributed by atoms with Crippen molar-refractivity contribution < 1.29 is 5.21 Å². The highest BCUT2D eigenvalue weighted by Crippen LogP contribution is 2.65. The molecule has 90 valence electrons. The Morgan fingerprint density at radius 1 is 1.44 bits per heavy atom. The number of rotatable bonds is 4. The van der Waals surface area contributed by atoms with Crippen molar-refractivity contribution in [1.29, 1.82) is 0 Å². The van der Waals surface area contributed by atoms with Crippen LogP contribution in [0.5, 0.6) is 0 Å². The van der Waals surface area contributed by atoms with Crippen LogP contribution in [-0.2, 0) is 0 Å². The van der Waals surface area contributed by atoms with Crippen molar-refractivity contribution in [3.63, 3.8) is 0 Å². The second-order valence-electron chi connectivity index (χ2n) is 5.67. The maximum atomic E-state index is 8.71. The summed E-state index contributed by atoms with van der Waals surface area (Å²) in [5, 5.41) is 15.4. The van der Waals surface area contributed by atoms with E-state index in [1.54, 1.807) is 0 Å². The van der Waals surface area contributed by atoms with Crippen LogP contribution in [0.15, 0.2) is 5.16 Å². The average molecular weight is 223 g/mol. The fraction of sp³-hybridized carbons (Fsp3) is 0.917. The van der Waals surface area contributed by atoms with Gasteiger partial charge in [-0.3, -0.25) is 0 Å². The van der Waals surface area contributed by atoms with E-state index < -0.39 is 0 Å². The third-order valence-corrected chi connectivity index (χ3v) is 5.01. The lowest BCUT2D eigenvalue weighted by molar-refractivity contribution is 0.313. The van der Waals surface area contributed by atoms with E-state index in [1.807, 2.05) is 0 Å². The standard InChI is InChI=1S/C12H21N3O/c1-2-8(12(13)15-16)14-11-9-6-3-4-7(5-6)10(9)11/h6-11,14,16H,2-5H2,1H3,(H2,13,15). The molecule has 3 aliphatic carbocycles. The highest BCUT2D eigenvalue weighted by Gasteiger charge is 2.65. The van der Waals surface area contributed by atoms with Crippen LogP contribution in [-0.4, -0.2) is 23.1 Å². The molecule has 3 fully saturated rings. The number of nitrogens with two attached hydrogens (primary N) is 1. The van der Waals surface area contributed by atoms with E-state index in [4.69, 9.17) is 10.9 Å². The van der Waals surface area contributed by atoms with E-state index in [1.165, 1.54) is 19.3 Å². The third kappa shape index (κ3) is 1.35. The first-order valence-corrected chi connectivity index (χ1v) is 6.49. The smallest absolute Gasteiger partial charge is 0.156 e. The molecule has 4 N–H and O–H groups in total. The topological polar surface area (TPSA) is 70.6 Å². The van der Waals surface area contributed by atoms with Crippen molar-refractivity contribution in [1.82, 2.24) is 5.32 Å². The van der Waals surface area contributed by atoms with Crippen LogP contribution in [0.3, 0.4) is 0 Å². The summed E-state index contributed by atoms with van der Waals surface area (Å²) in [7, 11) is 0. The zero-order chi connectivity index (χ0) is 11.3. The Hall–Kier alpha value is -0.770. The predicted octanol–water partition coefficient (Wildman–Crippen LogP) is 1.15. The molecule has 0 spiro atoms. The van der Waals surface area contributed by atoms with E-state index in [-0.39, 0.29) is 6.04 Å². The summed E-state index contributed by atoms with van der Waals surface area (Å²) >= 11 is 0. The van der Waals surface area contributed by atoms with Crippen LogP contribution in [0, 0.1) is 23.7 Å². The molecule has 0 aliphatic heterocycles.